The van der Waals surface area contributed by atoms with Gasteiger partial charge in [0.2, 0.25) is 0 Å². The Morgan fingerprint density at radius 2 is 0.787 bits per heavy atom. The van der Waals surface area contributed by atoms with E-state index in [-0.39, 0.29) is 0 Å². The fourth-order valence-corrected chi connectivity index (χ4v) is 8.19. The molecule has 0 nitrogen and oxygen atoms in total. The van der Waals surface area contributed by atoms with Crippen LogP contribution < -0.4 is 0 Å². The minimum Gasteiger partial charge on any atom is -0.135 e. The summed E-state index contributed by atoms with van der Waals surface area (Å²) in [6.45, 7) is 4.30. The van der Waals surface area contributed by atoms with Crippen LogP contribution in [0.15, 0.2) is 158 Å². The van der Waals surface area contributed by atoms with Crippen molar-refractivity contribution in [2.45, 2.75) is 13.8 Å². The van der Waals surface area contributed by atoms with E-state index in [0.717, 1.165) is 0 Å². The van der Waals surface area contributed by atoms with Crippen molar-refractivity contribution in [2.75, 3.05) is 0 Å². The molecule has 47 heavy (non-hydrogen) atoms. The van der Waals surface area contributed by atoms with Crippen LogP contribution in [-0.2, 0) is 0 Å². The lowest BCUT2D eigenvalue weighted by molar-refractivity contribution is 1.47. The lowest BCUT2D eigenvalue weighted by Gasteiger charge is -2.09. The van der Waals surface area contributed by atoms with Crippen LogP contribution in [0.2, 0.25) is 0 Å². The monoisotopic (exact) mass is 616 g/mol. The Bertz CT molecular complexity index is 2620. The number of aryl methyl sites for hydroxylation is 2. The molecular formula is C46H32S. The fraction of sp³-hybridized carbons (Fsp3) is 0.0435. The Labute approximate surface area is 279 Å². The number of fused-ring (bicyclic) bond motifs is 4. The molecule has 0 fully saturated rings. The van der Waals surface area contributed by atoms with Gasteiger partial charge in [-0.3, -0.25) is 0 Å². The Morgan fingerprint density at radius 1 is 0.340 bits per heavy atom. The molecule has 0 amide bonds. The molecule has 0 saturated heterocycles. The summed E-state index contributed by atoms with van der Waals surface area (Å²) < 4.78 is 1.31. The summed E-state index contributed by atoms with van der Waals surface area (Å²) in [5.41, 5.74) is 11.4. The SMILES string of the molecule is Cc1ccc(-c2sc3cc(-c4ccc5cc6cc(-c7ccc8ccccc8c7)ccc6cc5c4)ccc3c2-c2ccc(C)cc2)cc1. The topological polar surface area (TPSA) is 0 Å². The molecule has 1 aromatic heterocycles. The van der Waals surface area contributed by atoms with Gasteiger partial charge in [0.15, 0.2) is 0 Å². The molecule has 0 atom stereocenters. The van der Waals surface area contributed by atoms with Crippen LogP contribution in [0.3, 0.4) is 0 Å². The third-order valence-electron chi connectivity index (χ3n) is 9.56. The first kappa shape index (κ1) is 27.8. The van der Waals surface area contributed by atoms with Crippen LogP contribution in [0.25, 0.3) is 86.2 Å². The van der Waals surface area contributed by atoms with Gasteiger partial charge in [-0.25, -0.2) is 0 Å². The molecule has 0 N–H and O–H groups in total. The highest BCUT2D eigenvalue weighted by Gasteiger charge is 2.17. The van der Waals surface area contributed by atoms with E-state index in [1.54, 1.807) is 0 Å². The summed E-state index contributed by atoms with van der Waals surface area (Å²) in [6.07, 6.45) is 0. The smallest absolute Gasteiger partial charge is 0.0433 e. The van der Waals surface area contributed by atoms with Crippen molar-refractivity contribution in [3.8, 4) is 43.8 Å². The van der Waals surface area contributed by atoms with Crippen LogP contribution in [0, 0.1) is 13.8 Å². The number of rotatable bonds is 4. The van der Waals surface area contributed by atoms with E-state index in [1.807, 2.05) is 11.3 Å². The van der Waals surface area contributed by atoms with Gasteiger partial charge in [0.25, 0.3) is 0 Å². The minimum atomic E-state index is 1.24. The Morgan fingerprint density at radius 3 is 1.40 bits per heavy atom. The molecule has 1 heteroatoms. The van der Waals surface area contributed by atoms with Crippen molar-refractivity contribution in [3.05, 3.63) is 169 Å². The van der Waals surface area contributed by atoms with E-state index in [1.165, 1.54) is 97.4 Å². The maximum atomic E-state index is 2.38. The lowest BCUT2D eigenvalue weighted by Crippen LogP contribution is -1.84. The number of hydrogen-bond acceptors (Lipinski definition) is 1. The number of hydrogen-bond donors (Lipinski definition) is 0. The minimum absolute atomic E-state index is 1.24. The predicted molar refractivity (Wildman–Crippen MR) is 206 cm³/mol. The first-order valence-corrected chi connectivity index (χ1v) is 17.1. The highest BCUT2D eigenvalue weighted by Crippen LogP contribution is 2.46. The summed E-state index contributed by atoms with van der Waals surface area (Å²) in [7, 11) is 0. The second-order valence-corrected chi connectivity index (χ2v) is 13.8. The highest BCUT2D eigenvalue weighted by molar-refractivity contribution is 7.23. The molecular weight excluding hydrogens is 585 g/mol. The quantitative estimate of drug-likeness (QED) is 0.173. The molecule has 0 aliphatic rings. The third-order valence-corrected chi connectivity index (χ3v) is 10.8. The van der Waals surface area contributed by atoms with Crippen molar-refractivity contribution in [2.24, 2.45) is 0 Å². The lowest BCUT2D eigenvalue weighted by atomic mass is 9.94. The standard InChI is InChI=1S/C46H32S/c1-29-7-11-32(12-8-29)45-43-22-21-40(28-44(43)47-46(45)33-13-9-30(2)10-14-33)37-18-20-39-26-41-24-36(17-19-38(41)27-42(39)25-37)35-16-15-31-5-3-4-6-34(31)23-35/h3-28H,1-2H3. The molecule has 0 bridgehead atoms. The van der Waals surface area contributed by atoms with Crippen molar-refractivity contribution in [1.29, 1.82) is 0 Å². The van der Waals surface area contributed by atoms with E-state index in [4.69, 9.17) is 0 Å². The van der Waals surface area contributed by atoms with E-state index in [0.29, 0.717) is 0 Å². The Kier molecular flexibility index (Phi) is 6.55. The van der Waals surface area contributed by atoms with Gasteiger partial charge in [0.05, 0.1) is 0 Å². The van der Waals surface area contributed by atoms with E-state index in [2.05, 4.69) is 172 Å². The summed E-state index contributed by atoms with van der Waals surface area (Å²) in [5.74, 6) is 0. The molecule has 0 radical (unpaired) electrons. The maximum Gasteiger partial charge on any atom is 0.0433 e. The van der Waals surface area contributed by atoms with Crippen LogP contribution in [-0.4, -0.2) is 0 Å². The fourth-order valence-electron chi connectivity index (χ4n) is 6.92. The number of thiophene rings is 1. The van der Waals surface area contributed by atoms with E-state index in [9.17, 15) is 0 Å². The molecule has 0 spiro atoms. The molecule has 0 unspecified atom stereocenters. The van der Waals surface area contributed by atoms with Crippen molar-refractivity contribution in [1.82, 2.24) is 0 Å². The van der Waals surface area contributed by atoms with Gasteiger partial charge < -0.3 is 0 Å². The van der Waals surface area contributed by atoms with Gasteiger partial charge in [-0.15, -0.1) is 11.3 Å². The van der Waals surface area contributed by atoms with Gasteiger partial charge in [-0.1, -0.05) is 132 Å². The van der Waals surface area contributed by atoms with Crippen LogP contribution in [0.5, 0.6) is 0 Å². The molecule has 0 saturated carbocycles. The van der Waals surface area contributed by atoms with Gasteiger partial charge in [-0.2, -0.15) is 0 Å². The summed E-state index contributed by atoms with van der Waals surface area (Å²) in [6, 6.07) is 58.7. The van der Waals surface area contributed by atoms with Gasteiger partial charge in [-0.05, 0) is 116 Å². The maximum absolute atomic E-state index is 2.38. The van der Waals surface area contributed by atoms with E-state index < -0.39 is 0 Å². The Balaban J connectivity index is 1.11. The van der Waals surface area contributed by atoms with Crippen LogP contribution in [0.4, 0.5) is 0 Å². The zero-order valence-corrected chi connectivity index (χ0v) is 27.2. The first-order chi connectivity index (χ1) is 23.1. The molecule has 8 aromatic carbocycles. The van der Waals surface area contributed by atoms with Crippen LogP contribution >= 0.6 is 11.3 Å². The van der Waals surface area contributed by atoms with Gasteiger partial charge in [0, 0.05) is 20.5 Å². The number of benzene rings is 8. The molecule has 9 aromatic rings. The molecule has 0 aliphatic heterocycles. The zero-order chi connectivity index (χ0) is 31.5. The summed E-state index contributed by atoms with van der Waals surface area (Å²) >= 11 is 1.90. The van der Waals surface area contributed by atoms with Crippen molar-refractivity contribution >= 4 is 53.7 Å². The molecule has 0 aliphatic carbocycles. The summed E-state index contributed by atoms with van der Waals surface area (Å²) in [5, 5.41) is 8.91. The molecule has 9 rings (SSSR count). The van der Waals surface area contributed by atoms with Crippen molar-refractivity contribution in [3.63, 3.8) is 0 Å². The van der Waals surface area contributed by atoms with Crippen LogP contribution in [0.1, 0.15) is 11.1 Å². The molecule has 222 valence electrons. The van der Waals surface area contributed by atoms with Gasteiger partial charge in [0.1, 0.15) is 0 Å². The average Bonchev–Trinajstić information content (AvgIpc) is 3.49. The second-order valence-electron chi connectivity index (χ2n) is 12.8. The van der Waals surface area contributed by atoms with Crippen molar-refractivity contribution < 1.29 is 0 Å². The largest absolute Gasteiger partial charge is 0.135 e. The third kappa shape index (κ3) is 5.01. The highest BCUT2D eigenvalue weighted by atomic mass is 32.1. The average molecular weight is 617 g/mol. The molecule has 1 heterocycles. The first-order valence-electron chi connectivity index (χ1n) is 16.2. The predicted octanol–water partition coefficient (Wildman–Crippen LogP) is 13.6. The zero-order valence-electron chi connectivity index (χ0n) is 26.4. The van der Waals surface area contributed by atoms with Gasteiger partial charge >= 0.3 is 0 Å². The Hall–Kier alpha value is -5.50. The summed E-state index contributed by atoms with van der Waals surface area (Å²) in [4.78, 5) is 1.33. The van der Waals surface area contributed by atoms with E-state index >= 15 is 0 Å². The second kappa shape index (κ2) is 11.1. The normalized spacial score (nSPS) is 11.6.